The summed E-state index contributed by atoms with van der Waals surface area (Å²) in [7, 11) is 2.01. The Morgan fingerprint density at radius 2 is 2.03 bits per heavy atom. The van der Waals surface area contributed by atoms with Gasteiger partial charge in [0.15, 0.2) is 5.13 Å². The van der Waals surface area contributed by atoms with Crippen LogP contribution in [0.3, 0.4) is 0 Å². The van der Waals surface area contributed by atoms with Crippen LogP contribution in [0, 0.1) is 6.92 Å². The van der Waals surface area contributed by atoms with Gasteiger partial charge in [-0.2, -0.15) is 0 Å². The highest BCUT2D eigenvalue weighted by Crippen LogP contribution is 2.30. The maximum Gasteiger partial charge on any atom is 0.227 e. The summed E-state index contributed by atoms with van der Waals surface area (Å²) >= 11 is 1.47. The van der Waals surface area contributed by atoms with Crippen molar-refractivity contribution in [2.45, 2.75) is 25.8 Å². The van der Waals surface area contributed by atoms with Gasteiger partial charge in [-0.3, -0.25) is 4.79 Å². The minimum atomic E-state index is 0.0865. The van der Waals surface area contributed by atoms with Gasteiger partial charge in [-0.25, -0.2) is 15.0 Å². The molecule has 1 aliphatic heterocycles. The summed E-state index contributed by atoms with van der Waals surface area (Å²) in [5, 5.41) is 3.98. The number of nitrogens with two attached hydrogens (primary N) is 1. The zero-order valence-corrected chi connectivity index (χ0v) is 20.0. The molecule has 9 heteroatoms. The summed E-state index contributed by atoms with van der Waals surface area (Å²) in [5.74, 6) is 1.60. The number of pyridine rings is 2. The van der Waals surface area contributed by atoms with Crippen molar-refractivity contribution >= 4 is 50.0 Å². The zero-order chi connectivity index (χ0) is 23.7. The number of aromatic nitrogens is 3. The number of likely N-dealkylation sites (tertiary alicyclic amines) is 1. The van der Waals surface area contributed by atoms with Crippen LogP contribution in [-0.4, -0.2) is 51.9 Å². The van der Waals surface area contributed by atoms with E-state index in [4.69, 9.17) is 10.7 Å². The first-order valence-corrected chi connectivity index (χ1v) is 12.1. The predicted octanol–water partition coefficient (Wildman–Crippen LogP) is 4.01. The Kier molecular flexibility index (Phi) is 6.12. The largest absolute Gasteiger partial charge is 0.341 e. The molecule has 1 aliphatic rings. The molecule has 1 amide bonds. The molecule has 0 radical (unpaired) electrons. The second-order valence-electron chi connectivity index (χ2n) is 8.65. The standard InChI is InChI=1S/C25H27N7OS/c1-16-3-5-19(6-4-16)31(2)22-8-7-20-24(30-22)34-25(28-20)29-21-13-17(9-11-27-21)14-23(33)32-12-10-18(26)15-32/h3-9,11,13,18H,10,12,14-15,26H2,1-2H3,(H,27,28,29). The van der Waals surface area contributed by atoms with Gasteiger partial charge in [0.25, 0.3) is 0 Å². The molecule has 1 atom stereocenters. The number of amides is 1. The fourth-order valence-corrected chi connectivity index (χ4v) is 4.85. The summed E-state index contributed by atoms with van der Waals surface area (Å²) in [4.78, 5) is 31.1. The van der Waals surface area contributed by atoms with Gasteiger partial charge in [0.2, 0.25) is 5.91 Å². The normalized spacial score (nSPS) is 15.6. The number of fused-ring (bicyclic) bond motifs is 1. The molecule has 1 aromatic carbocycles. The Morgan fingerprint density at radius 1 is 1.21 bits per heavy atom. The second-order valence-corrected chi connectivity index (χ2v) is 9.62. The lowest BCUT2D eigenvalue weighted by molar-refractivity contribution is -0.129. The van der Waals surface area contributed by atoms with Gasteiger partial charge in [0.1, 0.15) is 22.0 Å². The Morgan fingerprint density at radius 3 is 2.79 bits per heavy atom. The average Bonchev–Trinajstić information content (AvgIpc) is 3.44. The van der Waals surface area contributed by atoms with Crippen molar-refractivity contribution in [3.05, 3.63) is 65.9 Å². The summed E-state index contributed by atoms with van der Waals surface area (Å²) in [6.45, 7) is 3.44. The molecule has 3 N–H and O–H groups in total. The van der Waals surface area contributed by atoms with E-state index in [2.05, 4.69) is 51.4 Å². The smallest absolute Gasteiger partial charge is 0.227 e. The van der Waals surface area contributed by atoms with Gasteiger partial charge in [0.05, 0.1) is 6.42 Å². The van der Waals surface area contributed by atoms with Crippen LogP contribution in [0.4, 0.5) is 22.5 Å². The van der Waals surface area contributed by atoms with E-state index in [1.165, 1.54) is 16.9 Å². The van der Waals surface area contributed by atoms with Gasteiger partial charge in [-0.1, -0.05) is 29.0 Å². The third-order valence-corrected chi connectivity index (χ3v) is 6.88. The second kappa shape index (κ2) is 9.36. The molecule has 1 saturated heterocycles. The molecular weight excluding hydrogens is 446 g/mol. The van der Waals surface area contributed by atoms with Crippen LogP contribution in [-0.2, 0) is 11.2 Å². The molecule has 174 valence electrons. The van der Waals surface area contributed by atoms with E-state index in [0.717, 1.165) is 40.4 Å². The Bertz CT molecular complexity index is 1320. The van der Waals surface area contributed by atoms with Crippen LogP contribution in [0.25, 0.3) is 10.3 Å². The summed E-state index contributed by atoms with van der Waals surface area (Å²) in [6.07, 6.45) is 2.91. The third-order valence-electron chi connectivity index (χ3n) is 6.00. The third kappa shape index (κ3) is 4.85. The van der Waals surface area contributed by atoms with Gasteiger partial charge >= 0.3 is 0 Å². The maximum atomic E-state index is 12.6. The lowest BCUT2D eigenvalue weighted by Gasteiger charge is -2.18. The van der Waals surface area contributed by atoms with Crippen LogP contribution in [0.1, 0.15) is 17.5 Å². The lowest BCUT2D eigenvalue weighted by atomic mass is 10.2. The van der Waals surface area contributed by atoms with Crippen molar-refractivity contribution in [3.8, 4) is 0 Å². The highest BCUT2D eigenvalue weighted by molar-refractivity contribution is 7.21. The first-order chi connectivity index (χ1) is 16.4. The number of benzene rings is 1. The van der Waals surface area contributed by atoms with Crippen LogP contribution >= 0.6 is 11.3 Å². The quantitative estimate of drug-likeness (QED) is 0.436. The number of rotatable bonds is 6. The first-order valence-electron chi connectivity index (χ1n) is 11.3. The molecule has 0 aliphatic carbocycles. The molecule has 3 aromatic heterocycles. The SMILES string of the molecule is Cc1ccc(N(C)c2ccc3nc(Nc4cc(CC(=O)N5CCC(N)C5)ccn4)sc3n2)cc1. The predicted molar refractivity (Wildman–Crippen MR) is 137 cm³/mol. The molecule has 5 rings (SSSR count). The number of thiazole rings is 1. The highest BCUT2D eigenvalue weighted by atomic mass is 32.1. The van der Waals surface area contributed by atoms with E-state index < -0.39 is 0 Å². The number of nitrogens with one attached hydrogen (secondary N) is 1. The molecule has 4 heterocycles. The van der Waals surface area contributed by atoms with E-state index >= 15 is 0 Å². The topological polar surface area (TPSA) is 100 Å². The minimum Gasteiger partial charge on any atom is -0.341 e. The Labute approximate surface area is 202 Å². The molecule has 0 bridgehead atoms. The van der Waals surface area contributed by atoms with Crippen molar-refractivity contribution in [1.82, 2.24) is 19.9 Å². The van der Waals surface area contributed by atoms with E-state index in [1.54, 1.807) is 6.20 Å². The van der Waals surface area contributed by atoms with Crippen LogP contribution in [0.15, 0.2) is 54.7 Å². The lowest BCUT2D eigenvalue weighted by Crippen LogP contribution is -2.32. The van der Waals surface area contributed by atoms with Crippen LogP contribution in [0.5, 0.6) is 0 Å². The Balaban J connectivity index is 1.30. The number of carbonyl (C=O) groups is 1. The Hall–Kier alpha value is -3.56. The minimum absolute atomic E-state index is 0.0865. The molecule has 8 nitrogen and oxygen atoms in total. The highest BCUT2D eigenvalue weighted by Gasteiger charge is 2.23. The maximum absolute atomic E-state index is 12.6. The summed E-state index contributed by atoms with van der Waals surface area (Å²) < 4.78 is 0. The van der Waals surface area contributed by atoms with Crippen molar-refractivity contribution in [3.63, 3.8) is 0 Å². The number of hydrogen-bond acceptors (Lipinski definition) is 8. The average molecular weight is 474 g/mol. The van der Waals surface area contributed by atoms with E-state index in [0.29, 0.717) is 23.9 Å². The molecule has 4 aromatic rings. The molecule has 34 heavy (non-hydrogen) atoms. The summed E-state index contributed by atoms with van der Waals surface area (Å²) in [6, 6.07) is 16.2. The van der Waals surface area contributed by atoms with Crippen molar-refractivity contribution in [1.29, 1.82) is 0 Å². The van der Waals surface area contributed by atoms with Crippen LogP contribution < -0.4 is 16.0 Å². The van der Waals surface area contributed by atoms with E-state index in [-0.39, 0.29) is 11.9 Å². The van der Waals surface area contributed by atoms with Gasteiger partial charge in [-0.15, -0.1) is 0 Å². The molecular formula is C25H27N7OS. The van der Waals surface area contributed by atoms with Crippen molar-refractivity contribution < 1.29 is 4.79 Å². The zero-order valence-electron chi connectivity index (χ0n) is 19.2. The fourth-order valence-electron chi connectivity index (χ4n) is 4.01. The van der Waals surface area contributed by atoms with Crippen molar-refractivity contribution in [2.75, 3.05) is 30.4 Å². The number of hydrogen-bond donors (Lipinski definition) is 2. The van der Waals surface area contributed by atoms with Crippen LogP contribution in [0.2, 0.25) is 0 Å². The summed E-state index contributed by atoms with van der Waals surface area (Å²) in [5.41, 5.74) is 9.96. The van der Waals surface area contributed by atoms with Gasteiger partial charge < -0.3 is 20.9 Å². The molecule has 0 saturated carbocycles. The fraction of sp³-hybridized carbons (Fsp3) is 0.280. The van der Waals surface area contributed by atoms with Gasteiger partial charge in [0, 0.05) is 38.1 Å². The van der Waals surface area contributed by atoms with E-state index in [1.807, 2.05) is 36.2 Å². The van der Waals surface area contributed by atoms with E-state index in [9.17, 15) is 4.79 Å². The number of aryl methyl sites for hydroxylation is 1. The monoisotopic (exact) mass is 473 g/mol. The first kappa shape index (κ1) is 22.2. The number of nitrogens with zero attached hydrogens (tertiary/aromatic N) is 5. The number of anilines is 4. The van der Waals surface area contributed by atoms with Crippen molar-refractivity contribution in [2.24, 2.45) is 5.73 Å². The molecule has 1 unspecified atom stereocenters. The molecule has 0 spiro atoms. The van der Waals surface area contributed by atoms with Gasteiger partial charge in [-0.05, 0) is 55.3 Å². The molecule has 1 fully saturated rings. The number of carbonyl (C=O) groups excluding carboxylic acids is 1.